The Kier molecular flexibility index (Phi) is 5.45. The smallest absolute Gasteiger partial charge is 0.250 e. The van der Waals surface area contributed by atoms with Crippen molar-refractivity contribution in [2.75, 3.05) is 5.32 Å². The molecule has 1 rings (SSSR count). The van der Waals surface area contributed by atoms with Gasteiger partial charge in [0.15, 0.2) is 0 Å². The number of carbonyl (C=O) groups is 2. The lowest BCUT2D eigenvalue weighted by molar-refractivity contribution is -0.116. The Morgan fingerprint density at radius 2 is 2.17 bits per heavy atom. The molecule has 0 spiro atoms. The maximum absolute atomic E-state index is 11.6. The van der Waals surface area contributed by atoms with E-state index in [-0.39, 0.29) is 11.5 Å². The average molecular weight is 264 g/mol. The minimum atomic E-state index is -0.584. The van der Waals surface area contributed by atoms with Crippen molar-refractivity contribution in [1.29, 1.82) is 0 Å². The molecule has 0 aromatic heterocycles. The van der Waals surface area contributed by atoms with Crippen LogP contribution in [-0.2, 0) is 4.79 Å². The molecule has 96 valence electrons. The van der Waals surface area contributed by atoms with Crippen LogP contribution in [0.3, 0.4) is 0 Å². The van der Waals surface area contributed by atoms with Crippen LogP contribution in [0.4, 0.5) is 5.69 Å². The Morgan fingerprint density at radius 1 is 1.44 bits per heavy atom. The van der Waals surface area contributed by atoms with Gasteiger partial charge < -0.3 is 11.1 Å². The highest BCUT2D eigenvalue weighted by Gasteiger charge is 2.11. The normalized spacial score (nSPS) is 9.83. The Labute approximate surface area is 112 Å². The van der Waals surface area contributed by atoms with E-state index in [1.54, 1.807) is 18.2 Å². The fraction of sp³-hybridized carbons (Fsp3) is 0.308. The molecule has 0 unspecified atom stereocenters. The molecular formula is C13H16N2O2S. The Hall–Kier alpha value is -1.75. The molecular weight excluding hydrogens is 248 g/mol. The molecule has 0 radical (unpaired) electrons. The summed E-state index contributed by atoms with van der Waals surface area (Å²) >= 11 is 4.79. The van der Waals surface area contributed by atoms with Crippen molar-refractivity contribution < 1.29 is 9.59 Å². The number of thiocarbonyl (C=S) groups is 1. The standard InChI is InChI=1S/C13H16N2O2S/c1-2-3-4-12(16)15-11-6-5-9(8-18)7-10(11)13(14)17/h5-8H,2-4H2,1H3,(H2,14,17)(H,15,16). The van der Waals surface area contributed by atoms with E-state index >= 15 is 0 Å². The van der Waals surface area contributed by atoms with Gasteiger partial charge >= 0.3 is 0 Å². The van der Waals surface area contributed by atoms with Gasteiger partial charge in [-0.1, -0.05) is 31.6 Å². The summed E-state index contributed by atoms with van der Waals surface area (Å²) in [6.07, 6.45) is 2.19. The van der Waals surface area contributed by atoms with Crippen molar-refractivity contribution in [3.8, 4) is 0 Å². The van der Waals surface area contributed by atoms with Crippen molar-refractivity contribution in [3.05, 3.63) is 29.3 Å². The summed E-state index contributed by atoms with van der Waals surface area (Å²) in [5.74, 6) is -0.700. The summed E-state index contributed by atoms with van der Waals surface area (Å²) in [4.78, 5) is 22.9. The van der Waals surface area contributed by atoms with Crippen LogP contribution in [0.15, 0.2) is 18.2 Å². The summed E-state index contributed by atoms with van der Waals surface area (Å²) < 4.78 is 0. The van der Waals surface area contributed by atoms with Gasteiger partial charge in [-0.15, -0.1) is 0 Å². The minimum Gasteiger partial charge on any atom is -0.366 e. The second-order valence-corrected chi connectivity index (χ2v) is 4.17. The zero-order valence-electron chi connectivity index (χ0n) is 10.2. The Bertz CT molecular complexity index is 472. The van der Waals surface area contributed by atoms with Crippen LogP contribution in [-0.4, -0.2) is 17.2 Å². The van der Waals surface area contributed by atoms with Crippen molar-refractivity contribution in [2.24, 2.45) is 5.73 Å². The van der Waals surface area contributed by atoms with Crippen molar-refractivity contribution in [3.63, 3.8) is 0 Å². The molecule has 4 nitrogen and oxygen atoms in total. The summed E-state index contributed by atoms with van der Waals surface area (Å²) in [6, 6.07) is 4.95. The quantitative estimate of drug-likeness (QED) is 0.774. The fourth-order valence-electron chi connectivity index (χ4n) is 1.50. The number of amides is 2. The maximum Gasteiger partial charge on any atom is 0.250 e. The van der Waals surface area contributed by atoms with Crippen molar-refractivity contribution in [2.45, 2.75) is 26.2 Å². The lowest BCUT2D eigenvalue weighted by Gasteiger charge is -2.09. The molecule has 5 heteroatoms. The van der Waals surface area contributed by atoms with Crippen LogP contribution in [0.5, 0.6) is 0 Å². The van der Waals surface area contributed by atoms with Crippen LogP contribution in [0.1, 0.15) is 42.1 Å². The number of benzene rings is 1. The first-order valence-electron chi connectivity index (χ1n) is 5.77. The van der Waals surface area contributed by atoms with Gasteiger partial charge in [-0.25, -0.2) is 0 Å². The SMILES string of the molecule is CCCCC(=O)Nc1ccc(C=S)cc1C(N)=O. The van der Waals surface area contributed by atoms with Crippen LogP contribution in [0, 0.1) is 0 Å². The Balaban J connectivity index is 2.91. The van der Waals surface area contributed by atoms with E-state index < -0.39 is 5.91 Å². The minimum absolute atomic E-state index is 0.116. The summed E-state index contributed by atoms with van der Waals surface area (Å²) in [7, 11) is 0. The van der Waals surface area contributed by atoms with E-state index in [2.05, 4.69) is 5.32 Å². The molecule has 1 aromatic rings. The van der Waals surface area contributed by atoms with E-state index in [0.717, 1.165) is 12.8 Å². The third-order valence-electron chi connectivity index (χ3n) is 2.48. The first-order valence-corrected chi connectivity index (χ1v) is 6.24. The van der Waals surface area contributed by atoms with E-state index in [1.807, 2.05) is 6.92 Å². The second kappa shape index (κ2) is 6.86. The third kappa shape index (κ3) is 3.92. The lowest BCUT2D eigenvalue weighted by Crippen LogP contribution is -2.18. The number of unbranched alkanes of at least 4 members (excludes halogenated alkanes) is 1. The summed E-state index contributed by atoms with van der Waals surface area (Å²) in [5, 5.41) is 4.14. The van der Waals surface area contributed by atoms with Crippen LogP contribution < -0.4 is 11.1 Å². The predicted octanol–water partition coefficient (Wildman–Crippen LogP) is 2.26. The molecule has 0 aliphatic heterocycles. The molecule has 0 aliphatic rings. The number of hydrogen-bond acceptors (Lipinski definition) is 3. The molecule has 1 aromatic carbocycles. The van der Waals surface area contributed by atoms with Gasteiger partial charge in [0, 0.05) is 11.8 Å². The third-order valence-corrected chi connectivity index (χ3v) is 2.75. The highest BCUT2D eigenvalue weighted by atomic mass is 32.1. The second-order valence-electron chi connectivity index (χ2n) is 3.94. The molecule has 0 atom stereocenters. The number of rotatable bonds is 6. The number of primary amides is 1. The van der Waals surface area contributed by atoms with E-state index in [9.17, 15) is 9.59 Å². The zero-order chi connectivity index (χ0) is 13.5. The number of carbonyl (C=O) groups excluding carboxylic acids is 2. The monoisotopic (exact) mass is 264 g/mol. The molecule has 0 bridgehead atoms. The summed E-state index contributed by atoms with van der Waals surface area (Å²) in [5.41, 5.74) is 6.70. The molecule has 2 amide bonds. The van der Waals surface area contributed by atoms with Gasteiger partial charge in [-0.05, 0) is 24.1 Å². The van der Waals surface area contributed by atoms with Gasteiger partial charge in [-0.2, -0.15) is 0 Å². The zero-order valence-corrected chi connectivity index (χ0v) is 11.0. The van der Waals surface area contributed by atoms with Gasteiger partial charge in [0.05, 0.1) is 11.3 Å². The van der Waals surface area contributed by atoms with Gasteiger partial charge in [0.2, 0.25) is 5.91 Å². The topological polar surface area (TPSA) is 72.2 Å². The number of nitrogens with two attached hydrogens (primary N) is 1. The first kappa shape index (κ1) is 14.3. The maximum atomic E-state index is 11.6. The summed E-state index contributed by atoms with van der Waals surface area (Å²) in [6.45, 7) is 2.01. The molecule has 18 heavy (non-hydrogen) atoms. The Morgan fingerprint density at radius 3 is 2.72 bits per heavy atom. The number of hydrogen-bond donors (Lipinski definition) is 2. The number of nitrogens with one attached hydrogen (secondary N) is 1. The molecule has 0 heterocycles. The first-order chi connectivity index (χ1) is 8.58. The van der Waals surface area contributed by atoms with Gasteiger partial charge in [0.25, 0.3) is 5.91 Å². The number of anilines is 1. The van der Waals surface area contributed by atoms with Crippen molar-refractivity contribution >= 4 is 35.1 Å². The molecule has 3 N–H and O–H groups in total. The van der Waals surface area contributed by atoms with E-state index in [0.29, 0.717) is 17.7 Å². The predicted molar refractivity (Wildman–Crippen MR) is 75.9 cm³/mol. The van der Waals surface area contributed by atoms with Crippen molar-refractivity contribution in [1.82, 2.24) is 0 Å². The van der Waals surface area contributed by atoms with Crippen LogP contribution in [0.25, 0.3) is 0 Å². The van der Waals surface area contributed by atoms with Gasteiger partial charge in [0.1, 0.15) is 0 Å². The molecule has 0 saturated heterocycles. The molecule has 0 aliphatic carbocycles. The molecule has 0 saturated carbocycles. The van der Waals surface area contributed by atoms with Crippen LogP contribution >= 0.6 is 12.2 Å². The van der Waals surface area contributed by atoms with Gasteiger partial charge in [-0.3, -0.25) is 9.59 Å². The molecule has 0 fully saturated rings. The van der Waals surface area contributed by atoms with Crippen LogP contribution in [0.2, 0.25) is 0 Å². The van der Waals surface area contributed by atoms with E-state index in [1.165, 1.54) is 5.37 Å². The lowest BCUT2D eigenvalue weighted by atomic mass is 10.1. The highest BCUT2D eigenvalue weighted by molar-refractivity contribution is 7.79. The average Bonchev–Trinajstić information content (AvgIpc) is 2.36. The largest absolute Gasteiger partial charge is 0.366 e. The van der Waals surface area contributed by atoms with E-state index in [4.69, 9.17) is 18.0 Å². The highest BCUT2D eigenvalue weighted by Crippen LogP contribution is 2.17. The fourth-order valence-corrected chi connectivity index (χ4v) is 1.64.